The molecular weight excluding hydrogens is 270 g/mol. The van der Waals surface area contributed by atoms with Gasteiger partial charge in [0.15, 0.2) is 0 Å². The average Bonchev–Trinajstić information content (AvgIpc) is 3.07. The van der Waals surface area contributed by atoms with Crippen LogP contribution in [0.1, 0.15) is 23.2 Å². The molecule has 16 heavy (non-hydrogen) atoms. The number of alkyl halides is 1. The minimum atomic E-state index is -0.122. The molecule has 0 spiro atoms. The van der Waals surface area contributed by atoms with Crippen molar-refractivity contribution in [2.75, 3.05) is 11.9 Å². The van der Waals surface area contributed by atoms with Gasteiger partial charge in [-0.05, 0) is 36.5 Å². The fourth-order valence-electron chi connectivity index (χ4n) is 1.55. The number of carbonyl (C=O) groups is 1. The van der Waals surface area contributed by atoms with Gasteiger partial charge in [0.1, 0.15) is 5.75 Å². The first-order valence-corrected chi connectivity index (χ1v) is 6.41. The third kappa shape index (κ3) is 2.55. The van der Waals surface area contributed by atoms with Gasteiger partial charge in [0, 0.05) is 17.4 Å². The molecule has 0 radical (unpaired) electrons. The molecule has 1 aliphatic rings. The summed E-state index contributed by atoms with van der Waals surface area (Å²) in [6.45, 7) is 0.701. The second kappa shape index (κ2) is 4.45. The number of aromatic hydroxyl groups is 1. The number of amides is 1. The summed E-state index contributed by atoms with van der Waals surface area (Å²) in [5, 5.41) is 13.1. The van der Waals surface area contributed by atoms with Crippen molar-refractivity contribution in [3.8, 4) is 5.75 Å². The van der Waals surface area contributed by atoms with Crippen molar-refractivity contribution >= 4 is 21.8 Å². The van der Waals surface area contributed by atoms with E-state index in [1.54, 1.807) is 18.2 Å². The predicted molar refractivity (Wildman–Crippen MR) is 65.9 cm³/mol. The first-order valence-electron chi connectivity index (χ1n) is 5.28. The number of nitrogens with one attached hydrogen (secondary N) is 1. The quantitative estimate of drug-likeness (QED) is 0.833. The number of phenolic OH excluding ortho intramolecular Hbond substituents is 1. The van der Waals surface area contributed by atoms with E-state index < -0.39 is 0 Å². The largest absolute Gasteiger partial charge is 0.508 e. The van der Waals surface area contributed by atoms with E-state index in [0.29, 0.717) is 12.1 Å². The minimum absolute atomic E-state index is 0.120. The summed E-state index contributed by atoms with van der Waals surface area (Å²) in [6, 6.07) is 6.39. The molecule has 86 valence electrons. The topological polar surface area (TPSA) is 49.3 Å². The van der Waals surface area contributed by atoms with Crippen molar-refractivity contribution in [3.05, 3.63) is 29.8 Å². The Hall–Kier alpha value is -1.03. The molecular formula is C12H14BrNO2. The van der Waals surface area contributed by atoms with Gasteiger partial charge < -0.3 is 10.4 Å². The molecule has 1 saturated carbocycles. The van der Waals surface area contributed by atoms with Crippen LogP contribution in [0.25, 0.3) is 0 Å². The Morgan fingerprint density at radius 1 is 1.50 bits per heavy atom. The van der Waals surface area contributed by atoms with Crippen LogP contribution >= 0.6 is 15.9 Å². The van der Waals surface area contributed by atoms with Crippen molar-refractivity contribution in [3.63, 3.8) is 0 Å². The molecule has 1 amide bonds. The number of benzene rings is 1. The van der Waals surface area contributed by atoms with Gasteiger partial charge in [0.2, 0.25) is 0 Å². The molecule has 0 aromatic heterocycles. The SMILES string of the molecule is O=C(NCC1(CBr)CC1)c1cccc(O)c1. The van der Waals surface area contributed by atoms with Crippen LogP contribution in [0.3, 0.4) is 0 Å². The average molecular weight is 284 g/mol. The molecule has 1 aliphatic carbocycles. The summed E-state index contributed by atoms with van der Waals surface area (Å²) < 4.78 is 0. The summed E-state index contributed by atoms with van der Waals surface area (Å²) in [6.07, 6.45) is 2.33. The number of halogens is 1. The monoisotopic (exact) mass is 283 g/mol. The summed E-state index contributed by atoms with van der Waals surface area (Å²) in [5.74, 6) is -0.00241. The van der Waals surface area contributed by atoms with Crippen molar-refractivity contribution in [2.45, 2.75) is 12.8 Å². The van der Waals surface area contributed by atoms with Crippen molar-refractivity contribution in [1.29, 1.82) is 0 Å². The number of carbonyl (C=O) groups excluding carboxylic acids is 1. The van der Waals surface area contributed by atoms with Crippen molar-refractivity contribution in [1.82, 2.24) is 5.32 Å². The normalized spacial score (nSPS) is 16.8. The minimum Gasteiger partial charge on any atom is -0.508 e. The third-order valence-electron chi connectivity index (χ3n) is 2.97. The second-order valence-corrected chi connectivity index (χ2v) is 4.93. The van der Waals surface area contributed by atoms with Gasteiger partial charge in [-0.15, -0.1) is 0 Å². The van der Waals surface area contributed by atoms with Crippen molar-refractivity contribution in [2.24, 2.45) is 5.41 Å². The highest BCUT2D eigenvalue weighted by Crippen LogP contribution is 2.46. The fourth-order valence-corrected chi connectivity index (χ4v) is 2.31. The lowest BCUT2D eigenvalue weighted by Gasteiger charge is -2.12. The van der Waals surface area contributed by atoms with E-state index >= 15 is 0 Å². The maximum absolute atomic E-state index is 11.7. The first kappa shape index (κ1) is 11.5. The van der Waals surface area contributed by atoms with Gasteiger partial charge in [0.05, 0.1) is 0 Å². The van der Waals surface area contributed by atoms with E-state index in [0.717, 1.165) is 5.33 Å². The Balaban J connectivity index is 1.93. The lowest BCUT2D eigenvalue weighted by atomic mass is 10.1. The van der Waals surface area contributed by atoms with Gasteiger partial charge in [-0.2, -0.15) is 0 Å². The smallest absolute Gasteiger partial charge is 0.251 e. The van der Waals surface area contributed by atoms with Crippen LogP contribution in [0.5, 0.6) is 5.75 Å². The van der Waals surface area contributed by atoms with E-state index in [-0.39, 0.29) is 17.1 Å². The van der Waals surface area contributed by atoms with E-state index in [2.05, 4.69) is 21.2 Å². The van der Waals surface area contributed by atoms with Crippen LogP contribution < -0.4 is 5.32 Å². The summed E-state index contributed by atoms with van der Waals surface area (Å²) in [7, 11) is 0. The Labute approximate surface area is 103 Å². The number of rotatable bonds is 4. The van der Waals surface area contributed by atoms with E-state index in [9.17, 15) is 9.90 Å². The van der Waals surface area contributed by atoms with Crippen LogP contribution in [0.4, 0.5) is 0 Å². The summed E-state index contributed by atoms with van der Waals surface area (Å²) in [5.41, 5.74) is 0.775. The van der Waals surface area contributed by atoms with Crippen LogP contribution in [-0.2, 0) is 0 Å². The zero-order chi connectivity index (χ0) is 11.6. The standard InChI is InChI=1S/C12H14BrNO2/c13-7-12(4-5-12)8-14-11(16)9-2-1-3-10(15)6-9/h1-3,6,15H,4-5,7-8H2,(H,14,16). The molecule has 0 bridgehead atoms. The van der Waals surface area contributed by atoms with Crippen LogP contribution in [0.2, 0.25) is 0 Å². The maximum atomic E-state index is 11.7. The molecule has 0 heterocycles. The number of phenols is 1. The molecule has 2 rings (SSSR count). The lowest BCUT2D eigenvalue weighted by molar-refractivity contribution is 0.0946. The molecule has 1 aromatic carbocycles. The second-order valence-electron chi connectivity index (χ2n) is 4.37. The van der Waals surface area contributed by atoms with Gasteiger partial charge in [-0.1, -0.05) is 22.0 Å². The van der Waals surface area contributed by atoms with Crippen molar-refractivity contribution < 1.29 is 9.90 Å². The number of hydrogen-bond donors (Lipinski definition) is 2. The Morgan fingerprint density at radius 3 is 2.81 bits per heavy atom. The highest BCUT2D eigenvalue weighted by atomic mass is 79.9. The molecule has 0 unspecified atom stereocenters. The van der Waals surface area contributed by atoms with Crippen LogP contribution in [-0.4, -0.2) is 22.9 Å². The van der Waals surface area contributed by atoms with Crippen LogP contribution in [0, 0.1) is 5.41 Å². The zero-order valence-electron chi connectivity index (χ0n) is 8.87. The Bertz CT molecular complexity index is 402. The molecule has 3 nitrogen and oxygen atoms in total. The first-order chi connectivity index (χ1) is 7.65. The highest BCUT2D eigenvalue weighted by Gasteiger charge is 2.41. The molecule has 0 saturated heterocycles. The zero-order valence-corrected chi connectivity index (χ0v) is 10.5. The lowest BCUT2D eigenvalue weighted by Crippen LogP contribution is -2.30. The van der Waals surface area contributed by atoms with Gasteiger partial charge in [-0.25, -0.2) is 0 Å². The number of hydrogen-bond acceptors (Lipinski definition) is 2. The molecule has 1 aromatic rings. The maximum Gasteiger partial charge on any atom is 0.251 e. The molecule has 0 aliphatic heterocycles. The van der Waals surface area contributed by atoms with E-state index in [1.165, 1.54) is 18.9 Å². The van der Waals surface area contributed by atoms with E-state index in [1.807, 2.05) is 0 Å². The molecule has 4 heteroatoms. The summed E-state index contributed by atoms with van der Waals surface area (Å²) in [4.78, 5) is 11.7. The summed E-state index contributed by atoms with van der Waals surface area (Å²) >= 11 is 3.46. The molecule has 1 fully saturated rings. The van der Waals surface area contributed by atoms with Gasteiger partial charge in [0.25, 0.3) is 5.91 Å². The predicted octanol–water partition coefficient (Wildman–Crippen LogP) is 2.30. The fraction of sp³-hybridized carbons (Fsp3) is 0.417. The Kier molecular flexibility index (Phi) is 3.19. The Morgan fingerprint density at radius 2 is 2.25 bits per heavy atom. The van der Waals surface area contributed by atoms with Gasteiger partial charge in [-0.3, -0.25) is 4.79 Å². The highest BCUT2D eigenvalue weighted by molar-refractivity contribution is 9.09. The third-order valence-corrected chi connectivity index (χ3v) is 4.16. The van der Waals surface area contributed by atoms with Gasteiger partial charge >= 0.3 is 0 Å². The van der Waals surface area contributed by atoms with Crippen LogP contribution in [0.15, 0.2) is 24.3 Å². The van der Waals surface area contributed by atoms with E-state index in [4.69, 9.17) is 0 Å². The molecule has 0 atom stereocenters. The molecule has 2 N–H and O–H groups in total.